The Balaban J connectivity index is 1.62. The van der Waals surface area contributed by atoms with Crippen molar-refractivity contribution < 1.29 is 5.11 Å². The second-order valence-corrected chi connectivity index (χ2v) is 7.06. The molecule has 8 heteroatoms. The maximum atomic E-state index is 9.26. The van der Waals surface area contributed by atoms with E-state index in [9.17, 15) is 5.11 Å². The van der Waals surface area contributed by atoms with Gasteiger partial charge in [0.2, 0.25) is 11.9 Å². The average Bonchev–Trinajstić information content (AvgIpc) is 3.53. The molecule has 4 rings (SSSR count). The number of anilines is 3. The first-order valence-electron chi connectivity index (χ1n) is 9.45. The van der Waals surface area contributed by atoms with Gasteiger partial charge < -0.3 is 15.7 Å². The van der Waals surface area contributed by atoms with Crippen molar-refractivity contribution in [2.45, 2.75) is 32.2 Å². The first kappa shape index (κ1) is 18.2. The van der Waals surface area contributed by atoms with Gasteiger partial charge in [-0.25, -0.2) is 19.9 Å². The molecule has 0 saturated heterocycles. The van der Waals surface area contributed by atoms with E-state index in [-0.39, 0.29) is 12.6 Å². The third-order valence-corrected chi connectivity index (χ3v) is 4.56. The number of hydrogen-bond donors (Lipinski definition) is 3. The highest BCUT2D eigenvalue weighted by Crippen LogP contribution is 2.35. The molecular weight excluding hydrogens is 354 g/mol. The molecule has 0 unspecified atom stereocenters. The highest BCUT2D eigenvalue weighted by Gasteiger charge is 2.25. The van der Waals surface area contributed by atoms with Crippen LogP contribution >= 0.6 is 0 Å². The number of pyridine rings is 1. The summed E-state index contributed by atoms with van der Waals surface area (Å²) in [5.74, 6) is 1.72. The van der Waals surface area contributed by atoms with Crippen molar-refractivity contribution in [2.24, 2.45) is 5.92 Å². The zero-order valence-electron chi connectivity index (χ0n) is 15.7. The summed E-state index contributed by atoms with van der Waals surface area (Å²) in [5, 5.41) is 15.6. The first-order chi connectivity index (χ1) is 13.7. The summed E-state index contributed by atoms with van der Waals surface area (Å²) in [5.41, 5.74) is 3.54. The van der Waals surface area contributed by atoms with Crippen molar-refractivity contribution in [1.29, 1.82) is 0 Å². The molecule has 0 aromatic carbocycles. The van der Waals surface area contributed by atoms with Crippen LogP contribution in [0, 0.1) is 5.92 Å². The van der Waals surface area contributed by atoms with E-state index >= 15 is 0 Å². The van der Waals surface area contributed by atoms with E-state index in [2.05, 4.69) is 30.6 Å². The van der Waals surface area contributed by atoms with Gasteiger partial charge in [-0.2, -0.15) is 0 Å². The second kappa shape index (κ2) is 8.26. The Morgan fingerprint density at radius 2 is 1.89 bits per heavy atom. The molecule has 0 bridgehead atoms. The van der Waals surface area contributed by atoms with Crippen LogP contribution in [-0.2, 0) is 6.42 Å². The van der Waals surface area contributed by atoms with Gasteiger partial charge in [0.25, 0.3) is 0 Å². The molecule has 1 aliphatic rings. The van der Waals surface area contributed by atoms with Crippen molar-refractivity contribution in [3.63, 3.8) is 0 Å². The van der Waals surface area contributed by atoms with Gasteiger partial charge in [-0.3, -0.25) is 4.98 Å². The van der Waals surface area contributed by atoms with Gasteiger partial charge in [0.05, 0.1) is 18.0 Å². The summed E-state index contributed by atoms with van der Waals surface area (Å²) in [6, 6.07) is 5.49. The van der Waals surface area contributed by atoms with Gasteiger partial charge >= 0.3 is 0 Å². The molecule has 1 atom stereocenters. The standard InChI is InChI=1S/C20H23N7O/c1-13(12-28)24-20-23-11-16(18(27-20)10-14-2-3-14)17-6-9-22-19(26-17)25-15-4-7-21-8-5-15/h4-9,11,13-14,28H,2-3,10,12H2,1H3,(H,23,24,27)(H,21,22,25,26)/t13-/m0/s1. The number of hydrogen-bond acceptors (Lipinski definition) is 8. The van der Waals surface area contributed by atoms with Crippen LogP contribution in [0.5, 0.6) is 0 Å². The number of rotatable bonds is 8. The Morgan fingerprint density at radius 3 is 2.64 bits per heavy atom. The van der Waals surface area contributed by atoms with E-state index in [0.29, 0.717) is 17.8 Å². The molecule has 3 aromatic heterocycles. The van der Waals surface area contributed by atoms with Crippen LogP contribution in [0.25, 0.3) is 11.3 Å². The fourth-order valence-corrected chi connectivity index (χ4v) is 2.85. The Kier molecular flexibility index (Phi) is 5.38. The maximum absolute atomic E-state index is 9.26. The molecule has 3 heterocycles. The molecule has 0 aliphatic heterocycles. The van der Waals surface area contributed by atoms with Crippen LogP contribution in [0.15, 0.2) is 43.0 Å². The number of nitrogens with one attached hydrogen (secondary N) is 2. The smallest absolute Gasteiger partial charge is 0.227 e. The lowest BCUT2D eigenvalue weighted by atomic mass is 10.1. The maximum Gasteiger partial charge on any atom is 0.227 e. The van der Waals surface area contributed by atoms with Gasteiger partial charge in [0, 0.05) is 42.1 Å². The van der Waals surface area contributed by atoms with E-state index in [1.54, 1.807) is 24.8 Å². The molecule has 3 N–H and O–H groups in total. The summed E-state index contributed by atoms with van der Waals surface area (Å²) in [6.07, 6.45) is 10.3. The van der Waals surface area contributed by atoms with E-state index in [1.807, 2.05) is 25.1 Å². The highest BCUT2D eigenvalue weighted by molar-refractivity contribution is 5.64. The molecular formula is C20H23N7O. The molecule has 28 heavy (non-hydrogen) atoms. The van der Waals surface area contributed by atoms with E-state index in [1.165, 1.54) is 12.8 Å². The molecule has 1 fully saturated rings. The van der Waals surface area contributed by atoms with Gasteiger partial charge in [0.1, 0.15) is 0 Å². The monoisotopic (exact) mass is 377 g/mol. The van der Waals surface area contributed by atoms with Gasteiger partial charge in [-0.1, -0.05) is 0 Å². The second-order valence-electron chi connectivity index (χ2n) is 7.06. The summed E-state index contributed by atoms with van der Waals surface area (Å²) in [6.45, 7) is 1.91. The number of nitrogens with zero attached hydrogens (tertiary/aromatic N) is 5. The van der Waals surface area contributed by atoms with Crippen molar-refractivity contribution in [1.82, 2.24) is 24.9 Å². The number of aliphatic hydroxyl groups excluding tert-OH is 1. The Bertz CT molecular complexity index is 931. The topological polar surface area (TPSA) is 109 Å². The molecule has 1 aliphatic carbocycles. The van der Waals surface area contributed by atoms with Crippen molar-refractivity contribution >= 4 is 17.6 Å². The molecule has 144 valence electrons. The van der Waals surface area contributed by atoms with Crippen molar-refractivity contribution in [3.05, 3.63) is 48.7 Å². The molecule has 8 nitrogen and oxygen atoms in total. The van der Waals surface area contributed by atoms with Gasteiger partial charge in [-0.15, -0.1) is 0 Å². The predicted molar refractivity (Wildman–Crippen MR) is 107 cm³/mol. The number of aromatic nitrogens is 5. The Morgan fingerprint density at radius 1 is 1.07 bits per heavy atom. The fraction of sp³-hybridized carbons (Fsp3) is 0.350. The Labute approximate surface area is 163 Å². The average molecular weight is 377 g/mol. The fourth-order valence-electron chi connectivity index (χ4n) is 2.85. The zero-order valence-corrected chi connectivity index (χ0v) is 15.7. The molecule has 0 radical (unpaired) electrons. The highest BCUT2D eigenvalue weighted by atomic mass is 16.3. The van der Waals surface area contributed by atoms with Crippen LogP contribution in [0.2, 0.25) is 0 Å². The normalized spacial score (nSPS) is 14.5. The van der Waals surface area contributed by atoms with Gasteiger partial charge in [0.15, 0.2) is 0 Å². The molecule has 3 aromatic rings. The van der Waals surface area contributed by atoms with Crippen LogP contribution in [0.3, 0.4) is 0 Å². The van der Waals surface area contributed by atoms with Gasteiger partial charge in [-0.05, 0) is 50.3 Å². The predicted octanol–water partition coefficient (Wildman–Crippen LogP) is 2.82. The van der Waals surface area contributed by atoms with Crippen LogP contribution < -0.4 is 10.6 Å². The number of aliphatic hydroxyl groups is 1. The molecule has 0 amide bonds. The lowest BCUT2D eigenvalue weighted by Gasteiger charge is -2.14. The van der Waals surface area contributed by atoms with E-state index in [4.69, 9.17) is 4.98 Å². The van der Waals surface area contributed by atoms with E-state index in [0.717, 1.165) is 29.1 Å². The Hall–Kier alpha value is -3.13. The van der Waals surface area contributed by atoms with Crippen molar-refractivity contribution in [3.8, 4) is 11.3 Å². The zero-order chi connectivity index (χ0) is 19.3. The summed E-state index contributed by atoms with van der Waals surface area (Å²) in [4.78, 5) is 22.1. The quantitative estimate of drug-likeness (QED) is 0.550. The van der Waals surface area contributed by atoms with Crippen LogP contribution in [-0.4, -0.2) is 42.7 Å². The summed E-state index contributed by atoms with van der Waals surface area (Å²) < 4.78 is 0. The molecule has 0 spiro atoms. The van der Waals surface area contributed by atoms with E-state index < -0.39 is 0 Å². The van der Waals surface area contributed by atoms with Crippen molar-refractivity contribution in [2.75, 3.05) is 17.2 Å². The lowest BCUT2D eigenvalue weighted by Crippen LogP contribution is -2.21. The summed E-state index contributed by atoms with van der Waals surface area (Å²) >= 11 is 0. The third-order valence-electron chi connectivity index (χ3n) is 4.56. The largest absolute Gasteiger partial charge is 0.394 e. The summed E-state index contributed by atoms with van der Waals surface area (Å²) in [7, 11) is 0. The first-order valence-corrected chi connectivity index (χ1v) is 9.45. The van der Waals surface area contributed by atoms with Crippen LogP contribution in [0.1, 0.15) is 25.5 Å². The molecule has 1 saturated carbocycles. The third kappa shape index (κ3) is 4.58. The SMILES string of the molecule is C[C@@H](CO)Nc1ncc(-c2ccnc(Nc3ccncc3)n2)c(CC2CC2)n1. The lowest BCUT2D eigenvalue weighted by molar-refractivity contribution is 0.281. The minimum Gasteiger partial charge on any atom is -0.394 e. The minimum absolute atomic E-state index is 0.0268. The minimum atomic E-state index is -0.102. The van der Waals surface area contributed by atoms with Crippen LogP contribution in [0.4, 0.5) is 17.6 Å².